The number of benzene rings is 1. The van der Waals surface area contributed by atoms with Gasteiger partial charge in [-0.3, -0.25) is 4.79 Å². The molecule has 2 amide bonds. The minimum absolute atomic E-state index is 0.126. The summed E-state index contributed by atoms with van der Waals surface area (Å²) in [5.41, 5.74) is 3.35. The van der Waals surface area contributed by atoms with Crippen molar-refractivity contribution < 1.29 is 19.4 Å². The first-order valence-corrected chi connectivity index (χ1v) is 10.7. The first-order valence-electron chi connectivity index (χ1n) is 10.7. The van der Waals surface area contributed by atoms with E-state index in [-0.39, 0.29) is 17.4 Å². The van der Waals surface area contributed by atoms with E-state index in [1.54, 1.807) is 23.0 Å². The monoisotopic (exact) mass is 435 g/mol. The van der Waals surface area contributed by atoms with E-state index >= 15 is 0 Å². The Kier molecular flexibility index (Phi) is 4.76. The molecule has 2 aromatic heterocycles. The molecule has 2 aliphatic rings. The van der Waals surface area contributed by atoms with Crippen LogP contribution in [0.25, 0.3) is 5.65 Å². The Morgan fingerprint density at radius 3 is 2.78 bits per heavy atom. The van der Waals surface area contributed by atoms with Crippen LogP contribution in [0.5, 0.6) is 5.75 Å². The van der Waals surface area contributed by atoms with Crippen molar-refractivity contribution in [2.75, 3.05) is 18.4 Å². The largest absolute Gasteiger partial charge is 0.487 e. The van der Waals surface area contributed by atoms with Crippen molar-refractivity contribution in [3.63, 3.8) is 0 Å². The summed E-state index contributed by atoms with van der Waals surface area (Å²) < 4.78 is 7.70. The van der Waals surface area contributed by atoms with Crippen molar-refractivity contribution in [2.24, 2.45) is 0 Å². The number of carbonyl (C=O) groups excluding carboxylic acids is 1. The molecule has 0 bridgehead atoms. The van der Waals surface area contributed by atoms with Gasteiger partial charge in [0.1, 0.15) is 16.9 Å². The highest BCUT2D eigenvalue weighted by molar-refractivity contribution is 6.08. The van der Waals surface area contributed by atoms with E-state index in [4.69, 9.17) is 4.74 Å². The Morgan fingerprint density at radius 1 is 1.25 bits per heavy atom. The molecular formula is C23H25N5O4. The first kappa shape index (κ1) is 20.3. The molecule has 2 N–H and O–H groups in total. The number of carboxylic acid groups (broad SMARTS) is 1. The maximum atomic E-state index is 13.2. The predicted molar refractivity (Wildman–Crippen MR) is 117 cm³/mol. The molecule has 3 aromatic rings. The Morgan fingerprint density at radius 2 is 2.03 bits per heavy atom. The molecule has 2 aliphatic heterocycles. The second-order valence-corrected chi connectivity index (χ2v) is 9.03. The third-order valence-electron chi connectivity index (χ3n) is 6.21. The molecule has 0 saturated carbocycles. The van der Waals surface area contributed by atoms with E-state index in [1.807, 2.05) is 26.0 Å². The summed E-state index contributed by atoms with van der Waals surface area (Å²) in [5.74, 6) is 0.683. The first-order chi connectivity index (χ1) is 15.3. The van der Waals surface area contributed by atoms with Gasteiger partial charge in [-0.25, -0.2) is 14.3 Å². The zero-order valence-electron chi connectivity index (χ0n) is 18.0. The van der Waals surface area contributed by atoms with Crippen molar-refractivity contribution in [3.8, 4) is 5.75 Å². The third kappa shape index (κ3) is 3.63. The molecule has 5 rings (SSSR count). The molecule has 0 spiro atoms. The standard InChI is InChI=1S/C23H25N5O4/c1-23(2)12-15-10-18(26-21(29)17-13-25-28-7-3-6-24-20(17)28)16(11-19(15)32-23)14-4-8-27(9-5-14)22(30)31/h3,6-7,10-11,13-14H,4-5,8-9,12H2,1-2H3,(H,26,29)(H,30,31). The molecule has 0 radical (unpaired) electrons. The zero-order valence-corrected chi connectivity index (χ0v) is 18.0. The molecule has 1 fully saturated rings. The van der Waals surface area contributed by atoms with Crippen molar-refractivity contribution in [2.45, 2.75) is 44.6 Å². The van der Waals surface area contributed by atoms with E-state index in [1.165, 1.54) is 11.1 Å². The summed E-state index contributed by atoms with van der Waals surface area (Å²) in [6.07, 6.45) is 6.13. The van der Waals surface area contributed by atoms with Crippen LogP contribution < -0.4 is 10.1 Å². The normalized spacial score (nSPS) is 17.8. The van der Waals surface area contributed by atoms with E-state index in [0.717, 1.165) is 29.0 Å². The minimum Gasteiger partial charge on any atom is -0.487 e. The molecule has 32 heavy (non-hydrogen) atoms. The Labute approximate surface area is 185 Å². The summed E-state index contributed by atoms with van der Waals surface area (Å²) in [5, 5.41) is 16.6. The van der Waals surface area contributed by atoms with E-state index in [9.17, 15) is 14.7 Å². The number of nitrogens with zero attached hydrogens (tertiary/aromatic N) is 4. The zero-order chi connectivity index (χ0) is 22.5. The van der Waals surface area contributed by atoms with E-state index < -0.39 is 6.09 Å². The number of rotatable bonds is 3. The lowest BCUT2D eigenvalue weighted by atomic mass is 9.87. The van der Waals surface area contributed by atoms with Gasteiger partial charge in [0.25, 0.3) is 5.91 Å². The highest BCUT2D eigenvalue weighted by Gasteiger charge is 2.33. The number of hydrogen-bond acceptors (Lipinski definition) is 5. The molecule has 166 valence electrons. The van der Waals surface area contributed by atoms with Crippen LogP contribution >= 0.6 is 0 Å². The van der Waals surface area contributed by atoms with Crippen LogP contribution in [-0.4, -0.2) is 55.3 Å². The van der Waals surface area contributed by atoms with Gasteiger partial charge in [-0.05, 0) is 56.4 Å². The second kappa shape index (κ2) is 7.51. The number of fused-ring (bicyclic) bond motifs is 2. The number of aromatic nitrogens is 3. The smallest absolute Gasteiger partial charge is 0.407 e. The molecule has 1 aromatic carbocycles. The van der Waals surface area contributed by atoms with Gasteiger partial charge in [-0.1, -0.05) is 0 Å². The van der Waals surface area contributed by atoms with Crippen LogP contribution in [0.1, 0.15) is 54.1 Å². The quantitative estimate of drug-likeness (QED) is 0.651. The van der Waals surface area contributed by atoms with Crippen molar-refractivity contribution in [3.05, 3.63) is 53.5 Å². The fourth-order valence-corrected chi connectivity index (χ4v) is 4.67. The Hall–Kier alpha value is -3.62. The van der Waals surface area contributed by atoms with Gasteiger partial charge in [0.15, 0.2) is 5.65 Å². The molecule has 1 saturated heterocycles. The van der Waals surface area contributed by atoms with Crippen LogP contribution in [0.4, 0.5) is 10.5 Å². The van der Waals surface area contributed by atoms with Crippen LogP contribution in [0.3, 0.4) is 0 Å². The van der Waals surface area contributed by atoms with Crippen LogP contribution in [-0.2, 0) is 6.42 Å². The second-order valence-electron chi connectivity index (χ2n) is 9.03. The number of amides is 2. The SMILES string of the molecule is CC1(C)Cc2cc(NC(=O)c3cnn4cccnc34)c(C3CCN(C(=O)O)CC3)cc2O1. The number of likely N-dealkylation sites (tertiary alicyclic amines) is 1. The topological polar surface area (TPSA) is 109 Å². The molecular weight excluding hydrogens is 410 g/mol. The van der Waals surface area contributed by atoms with Crippen LogP contribution in [0.2, 0.25) is 0 Å². The van der Waals surface area contributed by atoms with Crippen molar-refractivity contribution >= 4 is 23.3 Å². The van der Waals surface area contributed by atoms with Gasteiger partial charge in [0.05, 0.1) is 6.20 Å². The van der Waals surface area contributed by atoms with E-state index in [2.05, 4.69) is 15.4 Å². The van der Waals surface area contributed by atoms with Gasteiger partial charge in [0, 0.05) is 43.2 Å². The lowest BCUT2D eigenvalue weighted by Gasteiger charge is -2.31. The fraction of sp³-hybridized carbons (Fsp3) is 0.391. The highest BCUT2D eigenvalue weighted by atomic mass is 16.5. The van der Waals surface area contributed by atoms with Crippen LogP contribution in [0.15, 0.2) is 36.8 Å². The van der Waals surface area contributed by atoms with Gasteiger partial charge in [-0.2, -0.15) is 5.10 Å². The number of carbonyl (C=O) groups is 2. The fourth-order valence-electron chi connectivity index (χ4n) is 4.67. The summed E-state index contributed by atoms with van der Waals surface area (Å²) in [6, 6.07) is 5.78. The molecule has 0 aliphatic carbocycles. The summed E-state index contributed by atoms with van der Waals surface area (Å²) in [6.45, 7) is 5.02. The minimum atomic E-state index is -0.892. The number of piperidine rings is 1. The average Bonchev–Trinajstić information content (AvgIpc) is 3.32. The summed E-state index contributed by atoms with van der Waals surface area (Å²) in [4.78, 5) is 30.2. The molecule has 0 atom stereocenters. The summed E-state index contributed by atoms with van der Waals surface area (Å²) >= 11 is 0. The Balaban J connectivity index is 1.48. The van der Waals surface area contributed by atoms with Gasteiger partial charge in [-0.15, -0.1) is 0 Å². The summed E-state index contributed by atoms with van der Waals surface area (Å²) in [7, 11) is 0. The third-order valence-corrected chi connectivity index (χ3v) is 6.21. The lowest BCUT2D eigenvalue weighted by Crippen LogP contribution is -2.37. The van der Waals surface area contributed by atoms with Crippen molar-refractivity contribution in [1.82, 2.24) is 19.5 Å². The molecule has 9 heteroatoms. The highest BCUT2D eigenvalue weighted by Crippen LogP contribution is 2.42. The van der Waals surface area contributed by atoms with Gasteiger partial charge < -0.3 is 20.1 Å². The number of ether oxygens (including phenoxy) is 1. The Bertz CT molecular complexity index is 1210. The number of anilines is 1. The maximum Gasteiger partial charge on any atom is 0.407 e. The van der Waals surface area contributed by atoms with Gasteiger partial charge in [0.2, 0.25) is 0 Å². The predicted octanol–water partition coefficient (Wildman–Crippen LogP) is 3.55. The van der Waals surface area contributed by atoms with Gasteiger partial charge >= 0.3 is 6.09 Å². The van der Waals surface area contributed by atoms with E-state index in [0.29, 0.717) is 37.1 Å². The van der Waals surface area contributed by atoms with Crippen molar-refractivity contribution in [1.29, 1.82) is 0 Å². The van der Waals surface area contributed by atoms with Crippen LogP contribution in [0, 0.1) is 0 Å². The molecule has 9 nitrogen and oxygen atoms in total. The lowest BCUT2D eigenvalue weighted by molar-refractivity contribution is 0.102. The maximum absolute atomic E-state index is 13.2. The molecule has 0 unspecified atom stereocenters. The number of hydrogen-bond donors (Lipinski definition) is 2. The molecule has 4 heterocycles. The average molecular weight is 435 g/mol. The number of nitrogens with one attached hydrogen (secondary N) is 1.